The molecule has 1 saturated heterocycles. The van der Waals surface area contributed by atoms with Crippen molar-refractivity contribution in [3.05, 3.63) is 54.1 Å². The molecule has 0 aromatic heterocycles. The molecule has 1 aliphatic rings. The van der Waals surface area contributed by atoms with E-state index in [9.17, 15) is 9.90 Å². The number of hydrogen-bond acceptors (Lipinski definition) is 4. The summed E-state index contributed by atoms with van der Waals surface area (Å²) in [6.45, 7) is 5.21. The molecule has 0 aliphatic carbocycles. The number of nitrogens with one attached hydrogen (secondary N) is 1. The summed E-state index contributed by atoms with van der Waals surface area (Å²) in [5.41, 5.74) is 1.95. The van der Waals surface area contributed by atoms with Crippen LogP contribution in [-0.2, 0) is 11.2 Å². The molecule has 0 radical (unpaired) electrons. The lowest BCUT2D eigenvalue weighted by Gasteiger charge is -2.43. The lowest BCUT2D eigenvalue weighted by molar-refractivity contribution is -0.134. The van der Waals surface area contributed by atoms with Gasteiger partial charge >= 0.3 is 0 Å². The van der Waals surface area contributed by atoms with Crippen molar-refractivity contribution < 1.29 is 14.6 Å². The summed E-state index contributed by atoms with van der Waals surface area (Å²) in [7, 11) is 1.52. The topological polar surface area (TPSA) is 61.8 Å². The van der Waals surface area contributed by atoms with Crippen molar-refractivity contribution in [1.29, 1.82) is 0 Å². The first kappa shape index (κ1) is 21.0. The maximum Gasteiger partial charge on any atom is 0.227 e. The zero-order valence-corrected chi connectivity index (χ0v) is 17.6. The van der Waals surface area contributed by atoms with Crippen molar-refractivity contribution in [3.8, 4) is 11.5 Å². The number of phenolic OH excluding ortho intramolecular Hbond substituents is 1. The Hall–Kier alpha value is -2.69. The van der Waals surface area contributed by atoms with Gasteiger partial charge in [0.05, 0.1) is 19.6 Å². The SMILES string of the molecule is COc1cc(CC(=O)N2CCC[C@@H](Nc3ccccc3)[C@H]2CC(C)C)ccc1O. The number of methoxy groups -OCH3 is 1. The van der Waals surface area contributed by atoms with Crippen LogP contribution in [0, 0.1) is 5.92 Å². The fraction of sp³-hybridized carbons (Fsp3) is 0.458. The third kappa shape index (κ3) is 5.43. The molecule has 29 heavy (non-hydrogen) atoms. The minimum Gasteiger partial charge on any atom is -0.504 e. The average molecular weight is 397 g/mol. The van der Waals surface area contributed by atoms with E-state index in [0.717, 1.165) is 37.1 Å². The van der Waals surface area contributed by atoms with E-state index in [1.807, 2.05) is 18.2 Å². The van der Waals surface area contributed by atoms with Gasteiger partial charge in [0, 0.05) is 18.3 Å². The van der Waals surface area contributed by atoms with Crippen LogP contribution in [0.15, 0.2) is 48.5 Å². The summed E-state index contributed by atoms with van der Waals surface area (Å²) < 4.78 is 5.18. The molecule has 1 aliphatic heterocycles. The number of ether oxygens (including phenoxy) is 1. The summed E-state index contributed by atoms with van der Waals surface area (Å²) in [5, 5.41) is 13.5. The fourth-order valence-corrected chi connectivity index (χ4v) is 4.17. The lowest BCUT2D eigenvalue weighted by atomic mass is 9.88. The molecule has 0 unspecified atom stereocenters. The highest BCUT2D eigenvalue weighted by Gasteiger charge is 2.34. The fourth-order valence-electron chi connectivity index (χ4n) is 4.17. The predicted molar refractivity (Wildman–Crippen MR) is 116 cm³/mol. The zero-order chi connectivity index (χ0) is 20.8. The predicted octanol–water partition coefficient (Wildman–Crippen LogP) is 4.46. The van der Waals surface area contributed by atoms with Gasteiger partial charge in [-0.05, 0) is 55.0 Å². The van der Waals surface area contributed by atoms with Gasteiger partial charge in [0.25, 0.3) is 0 Å². The van der Waals surface area contributed by atoms with Gasteiger partial charge in [-0.1, -0.05) is 38.1 Å². The number of amides is 1. The van der Waals surface area contributed by atoms with E-state index in [-0.39, 0.29) is 23.7 Å². The first-order chi connectivity index (χ1) is 14.0. The Bertz CT molecular complexity index is 807. The van der Waals surface area contributed by atoms with E-state index >= 15 is 0 Å². The Morgan fingerprint density at radius 1 is 1.24 bits per heavy atom. The molecular formula is C24H32N2O3. The second-order valence-corrected chi connectivity index (χ2v) is 8.23. The van der Waals surface area contributed by atoms with E-state index < -0.39 is 0 Å². The van der Waals surface area contributed by atoms with Crippen LogP contribution in [0.4, 0.5) is 5.69 Å². The number of aromatic hydroxyl groups is 1. The molecule has 5 heteroatoms. The number of benzene rings is 2. The highest BCUT2D eigenvalue weighted by atomic mass is 16.5. The maximum atomic E-state index is 13.2. The van der Waals surface area contributed by atoms with Crippen molar-refractivity contribution in [2.75, 3.05) is 19.0 Å². The van der Waals surface area contributed by atoms with Crippen LogP contribution >= 0.6 is 0 Å². The van der Waals surface area contributed by atoms with Crippen molar-refractivity contribution in [2.24, 2.45) is 5.92 Å². The number of nitrogens with zero attached hydrogens (tertiary/aromatic N) is 1. The molecule has 1 heterocycles. The number of likely N-dealkylation sites (tertiary alicyclic amines) is 1. The number of para-hydroxylation sites is 1. The molecule has 0 spiro atoms. The summed E-state index contributed by atoms with van der Waals surface area (Å²) in [5.74, 6) is 1.12. The maximum absolute atomic E-state index is 13.2. The summed E-state index contributed by atoms with van der Waals surface area (Å²) in [4.78, 5) is 15.3. The van der Waals surface area contributed by atoms with Gasteiger partial charge in [-0.2, -0.15) is 0 Å². The molecule has 0 saturated carbocycles. The smallest absolute Gasteiger partial charge is 0.227 e. The number of piperidine rings is 1. The third-order valence-corrected chi connectivity index (χ3v) is 5.54. The molecule has 1 amide bonds. The minimum absolute atomic E-state index is 0.0893. The van der Waals surface area contributed by atoms with Gasteiger partial charge in [-0.3, -0.25) is 4.79 Å². The standard InChI is InChI=1S/C24H32N2O3/c1-17(2)14-21-20(25-19-8-5-4-6-9-19)10-7-13-26(21)24(28)16-18-11-12-22(27)23(15-18)29-3/h4-6,8-9,11-12,15,17,20-21,25,27H,7,10,13-14,16H2,1-3H3/t20-,21-/m1/s1. The molecule has 3 rings (SSSR count). The Labute approximate surface area is 173 Å². The van der Waals surface area contributed by atoms with E-state index in [2.05, 4.69) is 36.2 Å². The highest BCUT2D eigenvalue weighted by Crippen LogP contribution is 2.29. The number of carbonyl (C=O) groups excluding carboxylic acids is 1. The first-order valence-corrected chi connectivity index (χ1v) is 10.4. The van der Waals surface area contributed by atoms with Crippen LogP contribution in [-0.4, -0.2) is 41.7 Å². The van der Waals surface area contributed by atoms with Gasteiger partial charge in [0.1, 0.15) is 0 Å². The van der Waals surface area contributed by atoms with Gasteiger partial charge in [-0.25, -0.2) is 0 Å². The van der Waals surface area contributed by atoms with E-state index in [0.29, 0.717) is 18.1 Å². The molecule has 5 nitrogen and oxygen atoms in total. The number of hydrogen-bond donors (Lipinski definition) is 2. The summed E-state index contributed by atoms with van der Waals surface area (Å²) in [6.07, 6.45) is 3.32. The highest BCUT2D eigenvalue weighted by molar-refractivity contribution is 5.79. The minimum atomic E-state index is 0.0893. The Morgan fingerprint density at radius 2 is 2.00 bits per heavy atom. The van der Waals surface area contributed by atoms with Crippen LogP contribution in [0.5, 0.6) is 11.5 Å². The summed E-state index contributed by atoms with van der Waals surface area (Å²) >= 11 is 0. The van der Waals surface area contributed by atoms with Crippen LogP contribution in [0.2, 0.25) is 0 Å². The Kier molecular flexibility index (Phi) is 7.02. The summed E-state index contributed by atoms with van der Waals surface area (Å²) in [6, 6.07) is 15.8. The van der Waals surface area contributed by atoms with Crippen molar-refractivity contribution >= 4 is 11.6 Å². The van der Waals surface area contributed by atoms with Crippen LogP contribution in [0.25, 0.3) is 0 Å². The van der Waals surface area contributed by atoms with Gasteiger partial charge in [0.2, 0.25) is 5.91 Å². The zero-order valence-electron chi connectivity index (χ0n) is 17.6. The second kappa shape index (κ2) is 9.68. The number of phenols is 1. The molecular weight excluding hydrogens is 364 g/mol. The molecule has 2 N–H and O–H groups in total. The average Bonchev–Trinajstić information content (AvgIpc) is 2.71. The van der Waals surface area contributed by atoms with E-state index in [1.165, 1.54) is 7.11 Å². The van der Waals surface area contributed by atoms with Crippen molar-refractivity contribution in [1.82, 2.24) is 4.90 Å². The van der Waals surface area contributed by atoms with E-state index in [4.69, 9.17) is 4.74 Å². The lowest BCUT2D eigenvalue weighted by Crippen LogP contribution is -2.54. The van der Waals surface area contributed by atoms with Gasteiger partial charge in [0.15, 0.2) is 11.5 Å². The third-order valence-electron chi connectivity index (χ3n) is 5.54. The number of rotatable bonds is 7. The molecule has 1 fully saturated rings. The van der Waals surface area contributed by atoms with E-state index in [1.54, 1.807) is 18.2 Å². The molecule has 0 bridgehead atoms. The van der Waals surface area contributed by atoms with Gasteiger partial charge < -0.3 is 20.1 Å². The normalized spacial score (nSPS) is 19.2. The largest absolute Gasteiger partial charge is 0.504 e. The second-order valence-electron chi connectivity index (χ2n) is 8.23. The molecule has 2 aromatic rings. The molecule has 156 valence electrons. The van der Waals surface area contributed by atoms with Crippen LogP contribution < -0.4 is 10.1 Å². The first-order valence-electron chi connectivity index (χ1n) is 10.4. The molecule has 2 aromatic carbocycles. The van der Waals surface area contributed by atoms with Gasteiger partial charge in [-0.15, -0.1) is 0 Å². The monoisotopic (exact) mass is 396 g/mol. The van der Waals surface area contributed by atoms with Crippen LogP contribution in [0.3, 0.4) is 0 Å². The Morgan fingerprint density at radius 3 is 2.69 bits per heavy atom. The van der Waals surface area contributed by atoms with Crippen molar-refractivity contribution in [2.45, 2.75) is 51.6 Å². The molecule has 2 atom stereocenters. The number of carbonyl (C=O) groups is 1. The Balaban J connectivity index is 1.76. The number of anilines is 1. The van der Waals surface area contributed by atoms with Crippen LogP contribution in [0.1, 0.15) is 38.7 Å². The van der Waals surface area contributed by atoms with Crippen molar-refractivity contribution in [3.63, 3.8) is 0 Å². The quantitative estimate of drug-likeness (QED) is 0.725.